The molecule has 1 aliphatic carbocycles. The molecule has 17 heavy (non-hydrogen) atoms. The fourth-order valence-electron chi connectivity index (χ4n) is 3.93. The molecule has 1 fully saturated rings. The van der Waals surface area contributed by atoms with E-state index in [4.69, 9.17) is 0 Å². The lowest BCUT2D eigenvalue weighted by Gasteiger charge is -2.45. The summed E-state index contributed by atoms with van der Waals surface area (Å²) in [4.78, 5) is 12.0. The average Bonchev–Trinajstić information content (AvgIpc) is 2.53. The van der Waals surface area contributed by atoms with Crippen LogP contribution in [0.5, 0.6) is 0 Å². The fourth-order valence-corrected chi connectivity index (χ4v) is 3.93. The van der Waals surface area contributed by atoms with Crippen molar-refractivity contribution in [1.29, 1.82) is 0 Å². The van der Waals surface area contributed by atoms with Crippen LogP contribution in [0.1, 0.15) is 60.3 Å². The van der Waals surface area contributed by atoms with Gasteiger partial charge in [0, 0.05) is 12.0 Å². The second-order valence-corrected chi connectivity index (χ2v) is 6.31. The molecule has 100 valence electrons. The molecule has 0 aliphatic heterocycles. The first-order valence-electron chi connectivity index (χ1n) is 6.95. The lowest BCUT2D eigenvalue weighted by Crippen LogP contribution is -2.44. The number of ketones is 1. The highest BCUT2D eigenvalue weighted by Gasteiger charge is 2.57. The van der Waals surface area contributed by atoms with E-state index in [1.165, 1.54) is 0 Å². The lowest BCUT2D eigenvalue weighted by atomic mass is 9.59. The van der Waals surface area contributed by atoms with Crippen molar-refractivity contribution in [2.45, 2.75) is 60.3 Å². The van der Waals surface area contributed by atoms with E-state index in [1.54, 1.807) is 6.92 Å². The molecule has 0 aromatic heterocycles. The molecule has 0 aromatic rings. The van der Waals surface area contributed by atoms with Gasteiger partial charge in [-0.15, -0.1) is 0 Å². The third-order valence-electron chi connectivity index (χ3n) is 5.77. The van der Waals surface area contributed by atoms with Crippen LogP contribution in [0.4, 0.5) is 0 Å². The molecule has 1 aliphatic rings. The SMILES string of the molecule is CCC(C)C1CC[C@](C)(C(C)=O)C1(C)CCO. The smallest absolute Gasteiger partial charge is 0.136 e. The van der Waals surface area contributed by atoms with E-state index in [0.717, 1.165) is 25.7 Å². The maximum absolute atomic E-state index is 12.0. The van der Waals surface area contributed by atoms with E-state index in [1.807, 2.05) is 0 Å². The lowest BCUT2D eigenvalue weighted by molar-refractivity contribution is -0.133. The quantitative estimate of drug-likeness (QED) is 0.799. The van der Waals surface area contributed by atoms with Crippen molar-refractivity contribution >= 4 is 5.78 Å². The Bertz CT molecular complexity index is 287. The van der Waals surface area contributed by atoms with Crippen molar-refractivity contribution in [2.75, 3.05) is 6.61 Å². The standard InChI is InChI=1S/C15H28O2/c1-6-11(2)13-7-8-14(4,12(3)17)15(13,5)9-10-16/h11,13,16H,6-10H2,1-5H3/t11?,13?,14-,15?/m1/s1. The summed E-state index contributed by atoms with van der Waals surface area (Å²) in [7, 11) is 0. The van der Waals surface area contributed by atoms with Crippen molar-refractivity contribution < 1.29 is 9.90 Å². The predicted octanol–water partition coefficient (Wildman–Crippen LogP) is 3.43. The van der Waals surface area contributed by atoms with Gasteiger partial charge in [-0.3, -0.25) is 4.79 Å². The van der Waals surface area contributed by atoms with Crippen LogP contribution in [-0.2, 0) is 4.79 Å². The monoisotopic (exact) mass is 240 g/mol. The van der Waals surface area contributed by atoms with Gasteiger partial charge in [0.05, 0.1) is 0 Å². The summed E-state index contributed by atoms with van der Waals surface area (Å²) < 4.78 is 0. The molecule has 0 radical (unpaired) electrons. The number of hydrogen-bond donors (Lipinski definition) is 1. The number of carbonyl (C=O) groups excluding carboxylic acids is 1. The number of aliphatic hydroxyl groups excluding tert-OH is 1. The number of aliphatic hydroxyl groups is 1. The predicted molar refractivity (Wildman–Crippen MR) is 70.8 cm³/mol. The van der Waals surface area contributed by atoms with Crippen molar-refractivity contribution in [3.8, 4) is 0 Å². The summed E-state index contributed by atoms with van der Waals surface area (Å²) in [5.74, 6) is 1.49. The van der Waals surface area contributed by atoms with E-state index in [0.29, 0.717) is 17.6 Å². The van der Waals surface area contributed by atoms with Crippen LogP contribution in [0.2, 0.25) is 0 Å². The number of carbonyl (C=O) groups is 1. The maximum atomic E-state index is 12.0. The van der Waals surface area contributed by atoms with Gasteiger partial charge >= 0.3 is 0 Å². The van der Waals surface area contributed by atoms with Gasteiger partial charge in [0.25, 0.3) is 0 Å². The Morgan fingerprint density at radius 3 is 2.47 bits per heavy atom. The summed E-state index contributed by atoms with van der Waals surface area (Å²) in [6, 6.07) is 0. The molecular formula is C15H28O2. The fraction of sp³-hybridized carbons (Fsp3) is 0.933. The van der Waals surface area contributed by atoms with Crippen LogP contribution < -0.4 is 0 Å². The molecule has 1 saturated carbocycles. The summed E-state index contributed by atoms with van der Waals surface area (Å²) >= 11 is 0. The van der Waals surface area contributed by atoms with E-state index in [9.17, 15) is 9.90 Å². The van der Waals surface area contributed by atoms with E-state index < -0.39 is 0 Å². The number of rotatable bonds is 5. The zero-order chi connectivity index (χ0) is 13.3. The highest BCUT2D eigenvalue weighted by molar-refractivity contribution is 5.83. The summed E-state index contributed by atoms with van der Waals surface area (Å²) in [5.41, 5.74) is -0.285. The minimum absolute atomic E-state index is 0.0387. The van der Waals surface area contributed by atoms with Gasteiger partial charge in [0.15, 0.2) is 0 Å². The second kappa shape index (κ2) is 5.09. The molecule has 0 heterocycles. The van der Waals surface area contributed by atoms with E-state index in [-0.39, 0.29) is 17.4 Å². The molecule has 0 bridgehead atoms. The minimum atomic E-state index is -0.246. The average molecular weight is 240 g/mol. The van der Waals surface area contributed by atoms with Gasteiger partial charge in [-0.1, -0.05) is 34.1 Å². The van der Waals surface area contributed by atoms with Crippen LogP contribution in [0.3, 0.4) is 0 Å². The normalized spacial score (nSPS) is 39.3. The third-order valence-corrected chi connectivity index (χ3v) is 5.77. The van der Waals surface area contributed by atoms with Crippen LogP contribution in [0.25, 0.3) is 0 Å². The highest BCUT2D eigenvalue weighted by atomic mass is 16.3. The molecule has 3 unspecified atom stereocenters. The van der Waals surface area contributed by atoms with Crippen LogP contribution in [-0.4, -0.2) is 17.5 Å². The Balaban J connectivity index is 3.10. The van der Waals surface area contributed by atoms with Gasteiger partial charge in [0.1, 0.15) is 5.78 Å². The molecule has 1 N–H and O–H groups in total. The first-order chi connectivity index (χ1) is 7.83. The molecule has 2 nitrogen and oxygen atoms in total. The van der Waals surface area contributed by atoms with Crippen molar-refractivity contribution in [2.24, 2.45) is 22.7 Å². The van der Waals surface area contributed by atoms with Crippen molar-refractivity contribution in [3.63, 3.8) is 0 Å². The largest absolute Gasteiger partial charge is 0.396 e. The van der Waals surface area contributed by atoms with Gasteiger partial charge < -0.3 is 5.11 Å². The van der Waals surface area contributed by atoms with E-state index in [2.05, 4.69) is 27.7 Å². The minimum Gasteiger partial charge on any atom is -0.396 e. The first-order valence-corrected chi connectivity index (χ1v) is 6.95. The Hall–Kier alpha value is -0.370. The molecule has 0 saturated heterocycles. The molecule has 2 heteroatoms. The zero-order valence-corrected chi connectivity index (χ0v) is 12.0. The first kappa shape index (κ1) is 14.7. The molecule has 1 rings (SSSR count). The number of Topliss-reactive ketones (excluding diaryl/α,β-unsaturated/α-hetero) is 1. The molecule has 0 amide bonds. The summed E-state index contributed by atoms with van der Waals surface area (Å²) in [6.45, 7) is 10.7. The van der Waals surface area contributed by atoms with Crippen LogP contribution >= 0.6 is 0 Å². The Morgan fingerprint density at radius 2 is 2.06 bits per heavy atom. The van der Waals surface area contributed by atoms with Gasteiger partial charge in [0.2, 0.25) is 0 Å². The highest BCUT2D eigenvalue weighted by Crippen LogP contribution is 2.60. The van der Waals surface area contributed by atoms with Gasteiger partial charge in [-0.25, -0.2) is 0 Å². The van der Waals surface area contributed by atoms with E-state index >= 15 is 0 Å². The van der Waals surface area contributed by atoms with Crippen LogP contribution in [0.15, 0.2) is 0 Å². The number of hydrogen-bond acceptors (Lipinski definition) is 2. The van der Waals surface area contributed by atoms with Gasteiger partial charge in [-0.2, -0.15) is 0 Å². The zero-order valence-electron chi connectivity index (χ0n) is 12.0. The molecular weight excluding hydrogens is 212 g/mol. The molecule has 0 spiro atoms. The topological polar surface area (TPSA) is 37.3 Å². The summed E-state index contributed by atoms with van der Waals surface area (Å²) in [6.07, 6.45) is 4.01. The molecule has 0 aromatic carbocycles. The Morgan fingerprint density at radius 1 is 1.47 bits per heavy atom. The second-order valence-electron chi connectivity index (χ2n) is 6.31. The van der Waals surface area contributed by atoms with Crippen LogP contribution in [0, 0.1) is 22.7 Å². The van der Waals surface area contributed by atoms with Crippen molar-refractivity contribution in [3.05, 3.63) is 0 Å². The molecule has 4 atom stereocenters. The third kappa shape index (κ3) is 2.16. The summed E-state index contributed by atoms with van der Waals surface area (Å²) in [5, 5.41) is 9.37. The Kier molecular flexibility index (Phi) is 4.40. The van der Waals surface area contributed by atoms with Crippen molar-refractivity contribution in [1.82, 2.24) is 0 Å². The maximum Gasteiger partial charge on any atom is 0.136 e. The Labute approximate surface area is 106 Å². The van der Waals surface area contributed by atoms with Gasteiger partial charge in [-0.05, 0) is 43.4 Å².